The molecule has 17 heavy (non-hydrogen) atoms. The van der Waals surface area contributed by atoms with Crippen LogP contribution in [-0.4, -0.2) is 40.2 Å². The maximum Gasteiger partial charge on any atom is 0.340 e. The van der Waals surface area contributed by atoms with Crippen molar-refractivity contribution in [1.82, 2.24) is 4.90 Å². The number of hydrogen-bond acceptors (Lipinski definition) is 4. The summed E-state index contributed by atoms with van der Waals surface area (Å²) in [6.45, 7) is 4.39. The smallest absolute Gasteiger partial charge is 0.340 e. The number of nitrogens with zero attached hydrogens (tertiary/aromatic N) is 2. The summed E-state index contributed by atoms with van der Waals surface area (Å²) in [7, 11) is 0. The maximum absolute atomic E-state index is 12.0. The van der Waals surface area contributed by atoms with Crippen molar-refractivity contribution in [3.05, 3.63) is 23.9 Å². The molecule has 0 saturated carbocycles. The van der Waals surface area contributed by atoms with Gasteiger partial charge in [-0.3, -0.25) is 9.79 Å². The second-order valence-corrected chi connectivity index (χ2v) is 4.11. The van der Waals surface area contributed by atoms with Gasteiger partial charge in [-0.15, -0.1) is 0 Å². The molecule has 0 aromatic heterocycles. The number of fused-ring (bicyclic) bond motifs is 1. The fourth-order valence-corrected chi connectivity index (χ4v) is 2.10. The van der Waals surface area contributed by atoms with E-state index >= 15 is 0 Å². The molecule has 0 spiro atoms. The normalized spacial score (nSPS) is 27.4. The fourth-order valence-electron chi connectivity index (χ4n) is 2.10. The van der Waals surface area contributed by atoms with Gasteiger partial charge in [-0.1, -0.05) is 6.08 Å². The minimum absolute atomic E-state index is 0.160. The van der Waals surface area contributed by atoms with Crippen LogP contribution in [0.4, 0.5) is 0 Å². The number of Topliss-reactive ketones (excluding diaryl/α,β-unsaturated/α-hetero) is 1. The number of carbonyl (C=O) groups is 2. The highest BCUT2D eigenvalue weighted by molar-refractivity contribution is 6.19. The van der Waals surface area contributed by atoms with Gasteiger partial charge in [0.1, 0.15) is 11.7 Å². The second-order valence-electron chi connectivity index (χ2n) is 4.11. The lowest BCUT2D eigenvalue weighted by Crippen LogP contribution is -2.46. The topological polar surface area (TPSA) is 70.0 Å². The largest absolute Gasteiger partial charge is 0.478 e. The van der Waals surface area contributed by atoms with E-state index in [1.807, 2.05) is 13.8 Å². The van der Waals surface area contributed by atoms with Gasteiger partial charge in [0.05, 0.1) is 5.92 Å². The van der Waals surface area contributed by atoms with Crippen LogP contribution in [0, 0.1) is 5.92 Å². The third-order valence-electron chi connectivity index (χ3n) is 3.00. The lowest BCUT2D eigenvalue weighted by atomic mass is 9.89. The molecule has 2 rings (SSSR count). The van der Waals surface area contributed by atoms with Gasteiger partial charge in [-0.2, -0.15) is 0 Å². The zero-order chi connectivity index (χ0) is 12.6. The molecule has 5 heteroatoms. The summed E-state index contributed by atoms with van der Waals surface area (Å²) in [4.78, 5) is 29.2. The lowest BCUT2D eigenvalue weighted by Gasteiger charge is -2.36. The van der Waals surface area contributed by atoms with Crippen LogP contribution in [0.3, 0.4) is 0 Å². The van der Waals surface area contributed by atoms with Crippen molar-refractivity contribution in [1.29, 1.82) is 0 Å². The van der Waals surface area contributed by atoms with E-state index in [4.69, 9.17) is 5.11 Å². The maximum atomic E-state index is 12.0. The van der Waals surface area contributed by atoms with Crippen LogP contribution >= 0.6 is 0 Å². The Kier molecular flexibility index (Phi) is 2.83. The van der Waals surface area contributed by atoms with E-state index in [1.54, 1.807) is 17.1 Å². The summed E-state index contributed by atoms with van der Waals surface area (Å²) < 4.78 is 0. The Hall–Kier alpha value is -1.91. The molecule has 0 aliphatic carbocycles. The molecule has 2 aliphatic heterocycles. The lowest BCUT2D eigenvalue weighted by molar-refractivity contribution is -0.136. The number of carbonyl (C=O) groups excluding carboxylic acids is 1. The van der Waals surface area contributed by atoms with Gasteiger partial charge in [-0.05, 0) is 19.9 Å². The number of hydrogen-bond donors (Lipinski definition) is 1. The Balaban J connectivity index is 2.44. The molecular formula is C12H14N2O3. The van der Waals surface area contributed by atoms with Crippen LogP contribution in [0.5, 0.6) is 0 Å². The van der Waals surface area contributed by atoms with E-state index in [0.717, 1.165) is 5.71 Å². The van der Waals surface area contributed by atoms with Crippen molar-refractivity contribution in [2.24, 2.45) is 10.9 Å². The highest BCUT2D eigenvalue weighted by Crippen LogP contribution is 2.28. The van der Waals surface area contributed by atoms with E-state index in [-0.39, 0.29) is 17.5 Å². The number of aliphatic imine (C=N–C) groups is 1. The van der Waals surface area contributed by atoms with Gasteiger partial charge in [0, 0.05) is 18.5 Å². The van der Waals surface area contributed by atoms with E-state index in [1.165, 1.54) is 6.20 Å². The minimum Gasteiger partial charge on any atom is -0.478 e. The molecule has 0 aromatic rings. The molecule has 2 unspecified atom stereocenters. The Labute approximate surface area is 99.1 Å². The van der Waals surface area contributed by atoms with Crippen molar-refractivity contribution in [2.45, 2.75) is 20.0 Å². The number of aliphatic carboxylic acids is 1. The summed E-state index contributed by atoms with van der Waals surface area (Å²) in [5.74, 6) is -2.01. The first-order valence-corrected chi connectivity index (χ1v) is 5.52. The molecule has 5 nitrogen and oxygen atoms in total. The molecular weight excluding hydrogens is 220 g/mol. The standard InChI is InChI=1S/C12H14N2O3/c1-3-14-6-9(12(16)17)10(15)8-5-4-7(2)13-11(8)14/h4-6,8,11H,3H2,1-2H3,(H,16,17). The number of rotatable bonds is 2. The molecule has 0 amide bonds. The number of allylic oxidation sites excluding steroid dienone is 1. The summed E-state index contributed by atoms with van der Waals surface area (Å²) >= 11 is 0. The van der Waals surface area contributed by atoms with Gasteiger partial charge in [0.2, 0.25) is 0 Å². The van der Waals surface area contributed by atoms with Crippen molar-refractivity contribution >= 4 is 17.5 Å². The summed E-state index contributed by atoms with van der Waals surface area (Å²) in [6, 6.07) is 0. The molecule has 2 atom stereocenters. The molecule has 0 aromatic carbocycles. The first-order valence-electron chi connectivity index (χ1n) is 5.52. The highest BCUT2D eigenvalue weighted by atomic mass is 16.4. The second kappa shape index (κ2) is 4.16. The van der Waals surface area contributed by atoms with Crippen molar-refractivity contribution in [2.75, 3.05) is 6.54 Å². The average Bonchev–Trinajstić information content (AvgIpc) is 2.29. The SMILES string of the molecule is CCN1C=C(C(=O)O)C(=O)C2C=CC(C)=NC21. The summed E-state index contributed by atoms with van der Waals surface area (Å²) in [5.41, 5.74) is 0.692. The van der Waals surface area contributed by atoms with Gasteiger partial charge in [-0.25, -0.2) is 4.79 Å². The monoisotopic (exact) mass is 234 g/mol. The van der Waals surface area contributed by atoms with Gasteiger partial charge < -0.3 is 10.0 Å². The fraction of sp³-hybridized carbons (Fsp3) is 0.417. The predicted molar refractivity (Wildman–Crippen MR) is 62.6 cm³/mol. The minimum atomic E-state index is -1.17. The van der Waals surface area contributed by atoms with Gasteiger partial charge in [0.25, 0.3) is 0 Å². The molecule has 0 radical (unpaired) electrons. The van der Waals surface area contributed by atoms with Crippen molar-refractivity contribution < 1.29 is 14.7 Å². The van der Waals surface area contributed by atoms with E-state index in [2.05, 4.69) is 4.99 Å². The Morgan fingerprint density at radius 3 is 2.88 bits per heavy atom. The third kappa shape index (κ3) is 1.88. The predicted octanol–water partition coefficient (Wildman–Crippen LogP) is 0.832. The zero-order valence-electron chi connectivity index (χ0n) is 9.75. The Morgan fingerprint density at radius 1 is 1.59 bits per heavy atom. The number of carboxylic acid groups (broad SMARTS) is 1. The van der Waals surface area contributed by atoms with Crippen LogP contribution in [0.15, 0.2) is 28.9 Å². The molecule has 2 heterocycles. The first-order chi connectivity index (χ1) is 8.04. The molecule has 2 aliphatic rings. The summed E-state index contributed by atoms with van der Waals surface area (Å²) in [6.07, 6.45) is 4.62. The van der Waals surface area contributed by atoms with Crippen molar-refractivity contribution in [3.8, 4) is 0 Å². The Bertz CT molecular complexity index is 462. The number of ketones is 1. The highest BCUT2D eigenvalue weighted by Gasteiger charge is 2.39. The van der Waals surface area contributed by atoms with Crippen LogP contribution in [-0.2, 0) is 9.59 Å². The Morgan fingerprint density at radius 2 is 2.29 bits per heavy atom. The molecule has 1 N–H and O–H groups in total. The van der Waals surface area contributed by atoms with Crippen LogP contribution in [0.25, 0.3) is 0 Å². The average molecular weight is 234 g/mol. The van der Waals surface area contributed by atoms with Crippen LogP contribution in [0.2, 0.25) is 0 Å². The molecule has 0 bridgehead atoms. The zero-order valence-corrected chi connectivity index (χ0v) is 9.75. The van der Waals surface area contributed by atoms with Crippen LogP contribution < -0.4 is 0 Å². The third-order valence-corrected chi connectivity index (χ3v) is 3.00. The van der Waals surface area contributed by atoms with Gasteiger partial charge in [0.15, 0.2) is 5.78 Å². The van der Waals surface area contributed by atoms with E-state index in [0.29, 0.717) is 6.54 Å². The molecule has 0 fully saturated rings. The van der Waals surface area contributed by atoms with E-state index in [9.17, 15) is 9.59 Å². The van der Waals surface area contributed by atoms with Crippen molar-refractivity contribution in [3.63, 3.8) is 0 Å². The van der Waals surface area contributed by atoms with E-state index < -0.39 is 11.9 Å². The molecule has 90 valence electrons. The van der Waals surface area contributed by atoms with Crippen LogP contribution in [0.1, 0.15) is 13.8 Å². The van der Waals surface area contributed by atoms with Gasteiger partial charge >= 0.3 is 5.97 Å². The number of carboxylic acids is 1. The number of dihydropyridines is 1. The summed E-state index contributed by atoms with van der Waals surface area (Å²) in [5, 5.41) is 8.99. The first kappa shape index (κ1) is 11.6. The quantitative estimate of drug-likeness (QED) is 0.718. The molecule has 0 saturated heterocycles.